The van der Waals surface area contributed by atoms with Crippen LogP contribution in [-0.2, 0) is 27.3 Å². The molecule has 0 amide bonds. The van der Waals surface area contributed by atoms with E-state index in [1.54, 1.807) is 0 Å². The second-order valence-electron chi connectivity index (χ2n) is 20.5. The first-order valence-corrected chi connectivity index (χ1v) is 31.2. The minimum Gasteiger partial charge on any atom is -0.414 e. The zero-order valence-electron chi connectivity index (χ0n) is 35.8. The topological polar surface area (TPSA) is 91.3 Å². The second-order valence-corrected chi connectivity index (χ2v) is 40.3. The molecule has 0 aromatic carbocycles. The SMILES string of the molecule is CC(C)(C)[Si](C)(C)O[C@@H]1CCC(=O)[C@@H](O[Si](C)(C)C(C)(C)C)C1.CC(C)(C)[Si](C)(C)O[C@H]1C[C@H](O[Si](C)(C)C(C)(C)C)[C@@H](O)CC1=O.ClCCl. The maximum Gasteiger partial charge on any atom is 0.193 e. The highest BCUT2D eigenvalue weighted by Gasteiger charge is 2.48. The van der Waals surface area contributed by atoms with Gasteiger partial charge < -0.3 is 22.8 Å². The van der Waals surface area contributed by atoms with Gasteiger partial charge in [-0.15, -0.1) is 23.2 Å². The van der Waals surface area contributed by atoms with Crippen molar-refractivity contribution in [2.24, 2.45) is 0 Å². The molecule has 2 aliphatic rings. The van der Waals surface area contributed by atoms with Gasteiger partial charge >= 0.3 is 0 Å². The van der Waals surface area contributed by atoms with Crippen LogP contribution < -0.4 is 0 Å². The predicted molar refractivity (Wildman–Crippen MR) is 224 cm³/mol. The molecule has 2 rings (SSSR count). The van der Waals surface area contributed by atoms with Crippen molar-refractivity contribution in [1.29, 1.82) is 0 Å². The third-order valence-corrected chi connectivity index (χ3v) is 30.2. The van der Waals surface area contributed by atoms with Gasteiger partial charge in [0.25, 0.3) is 0 Å². The summed E-state index contributed by atoms with van der Waals surface area (Å²) in [6, 6.07) is 0. The highest BCUT2D eigenvalue weighted by Crippen LogP contribution is 2.43. The quantitative estimate of drug-likeness (QED) is 0.193. The number of carbonyl (C=O) groups excluding carboxylic acids is 2. The van der Waals surface area contributed by atoms with Gasteiger partial charge in [0.15, 0.2) is 44.8 Å². The van der Waals surface area contributed by atoms with Crippen LogP contribution in [0.25, 0.3) is 0 Å². The van der Waals surface area contributed by atoms with Gasteiger partial charge in [-0.05, 0) is 78.9 Å². The van der Waals surface area contributed by atoms with Gasteiger partial charge in [-0.1, -0.05) is 83.1 Å². The zero-order chi connectivity index (χ0) is 40.1. The van der Waals surface area contributed by atoms with Crippen molar-refractivity contribution in [1.82, 2.24) is 0 Å². The third kappa shape index (κ3) is 15.0. The third-order valence-electron chi connectivity index (χ3n) is 12.2. The molecule has 0 unspecified atom stereocenters. The molecule has 1 N–H and O–H groups in total. The first kappa shape index (κ1) is 50.6. The van der Waals surface area contributed by atoms with Crippen molar-refractivity contribution < 1.29 is 32.4 Å². The van der Waals surface area contributed by atoms with E-state index in [1.165, 1.54) is 0 Å². The number of ketones is 2. The van der Waals surface area contributed by atoms with Crippen LogP contribution in [0.1, 0.15) is 115 Å². The number of aliphatic hydroxyl groups is 1. The van der Waals surface area contributed by atoms with Crippen LogP contribution in [0.2, 0.25) is 72.5 Å². The van der Waals surface area contributed by atoms with Gasteiger partial charge in [-0.3, -0.25) is 9.59 Å². The molecule has 2 fully saturated rings. The number of halogens is 2. The lowest BCUT2D eigenvalue weighted by atomic mass is 9.91. The lowest BCUT2D eigenvalue weighted by molar-refractivity contribution is -0.138. The molecule has 0 spiro atoms. The van der Waals surface area contributed by atoms with Crippen molar-refractivity contribution in [2.45, 2.75) is 218 Å². The summed E-state index contributed by atoms with van der Waals surface area (Å²) in [5.74, 6) is 0.285. The van der Waals surface area contributed by atoms with Crippen LogP contribution in [0.4, 0.5) is 0 Å². The van der Waals surface area contributed by atoms with Crippen LogP contribution in [0.5, 0.6) is 0 Å². The Kier molecular flexibility index (Phi) is 18.7. The summed E-state index contributed by atoms with van der Waals surface area (Å²) in [4.78, 5) is 24.8. The number of alkyl halides is 2. The number of hydrogen-bond donors (Lipinski definition) is 1. The van der Waals surface area contributed by atoms with Crippen molar-refractivity contribution in [3.05, 3.63) is 0 Å². The molecule has 0 heterocycles. The summed E-state index contributed by atoms with van der Waals surface area (Å²) in [6.45, 7) is 44.2. The largest absolute Gasteiger partial charge is 0.414 e. The molecular weight excluding hydrogens is 740 g/mol. The predicted octanol–water partition coefficient (Wildman–Crippen LogP) is 11.4. The molecule has 5 atom stereocenters. The van der Waals surface area contributed by atoms with E-state index in [0.29, 0.717) is 12.8 Å². The lowest BCUT2D eigenvalue weighted by Crippen LogP contribution is -2.54. The maximum atomic E-state index is 12.4. The molecule has 13 heteroatoms. The summed E-state index contributed by atoms with van der Waals surface area (Å²) in [5.41, 5.74) is 0. The first-order chi connectivity index (χ1) is 22.0. The van der Waals surface area contributed by atoms with E-state index in [9.17, 15) is 14.7 Å². The van der Waals surface area contributed by atoms with Crippen LogP contribution in [0.15, 0.2) is 0 Å². The van der Waals surface area contributed by atoms with Gasteiger partial charge in [0.05, 0.1) is 17.5 Å². The van der Waals surface area contributed by atoms with Gasteiger partial charge in [-0.25, -0.2) is 0 Å². The summed E-state index contributed by atoms with van der Waals surface area (Å²) in [5, 5.41) is 11.0. The molecule has 0 aliphatic heterocycles. The molecule has 2 saturated carbocycles. The number of aliphatic hydroxyl groups excluding tert-OH is 1. The molecular formula is C37H78Cl2O7Si4. The Hall–Kier alpha value is 0.588. The van der Waals surface area contributed by atoms with E-state index in [4.69, 9.17) is 40.9 Å². The molecule has 0 saturated heterocycles. The number of hydrogen-bond acceptors (Lipinski definition) is 7. The Balaban J connectivity index is 0.000000891. The molecule has 0 radical (unpaired) electrons. The maximum absolute atomic E-state index is 12.4. The van der Waals surface area contributed by atoms with Gasteiger partial charge in [0.1, 0.15) is 12.2 Å². The highest BCUT2D eigenvalue weighted by molar-refractivity contribution is 6.75. The molecule has 298 valence electrons. The molecule has 2 aliphatic carbocycles. The van der Waals surface area contributed by atoms with E-state index in [-0.39, 0.29) is 61.8 Å². The van der Waals surface area contributed by atoms with E-state index < -0.39 is 45.5 Å². The van der Waals surface area contributed by atoms with Crippen LogP contribution >= 0.6 is 23.2 Å². The fourth-order valence-corrected chi connectivity index (χ4v) is 9.95. The lowest BCUT2D eigenvalue weighted by Gasteiger charge is -2.45. The molecule has 50 heavy (non-hydrogen) atoms. The highest BCUT2D eigenvalue weighted by atomic mass is 35.5. The normalized spacial score (nSPS) is 25.0. The Morgan fingerprint density at radius 1 is 0.580 bits per heavy atom. The average Bonchev–Trinajstić information content (AvgIpc) is 2.86. The minimum absolute atomic E-state index is 0.0161. The summed E-state index contributed by atoms with van der Waals surface area (Å²) in [6.07, 6.45) is 1.23. The Morgan fingerprint density at radius 2 is 0.900 bits per heavy atom. The fourth-order valence-electron chi connectivity index (χ4n) is 4.60. The standard InChI is InChI=1S/C18H38O4Si2.C18H38O3Si2.CH2Cl2/c1-17(2,3)23(7,8)21-15-12-16(14(20)11-13(15)19)22-24(9,10)18(4,5)6;1-17(2,3)22(7,8)20-14-11-12-15(19)16(13-14)21-23(9,10)18(4,5)6;2-1-3/h13,15-16,19H,11-12H2,1-10H3;14,16H,11-13H2,1-10H3;1H2/t13-,15-,16-;14-,16+;/m01./s1. The molecule has 0 aromatic rings. The summed E-state index contributed by atoms with van der Waals surface area (Å²) < 4.78 is 25.7. The molecule has 7 nitrogen and oxygen atoms in total. The first-order valence-electron chi connectivity index (χ1n) is 18.5. The van der Waals surface area contributed by atoms with E-state index in [0.717, 1.165) is 12.8 Å². The van der Waals surface area contributed by atoms with E-state index in [2.05, 4.69) is 135 Å². The van der Waals surface area contributed by atoms with Crippen molar-refractivity contribution in [3.8, 4) is 0 Å². The summed E-state index contributed by atoms with van der Waals surface area (Å²) >= 11 is 9.53. The van der Waals surface area contributed by atoms with Crippen molar-refractivity contribution in [3.63, 3.8) is 0 Å². The van der Waals surface area contributed by atoms with Crippen LogP contribution in [-0.4, -0.2) is 85.8 Å². The molecule has 0 aromatic heterocycles. The van der Waals surface area contributed by atoms with Crippen molar-refractivity contribution >= 4 is 68.0 Å². The van der Waals surface area contributed by atoms with Crippen molar-refractivity contribution in [2.75, 3.05) is 5.34 Å². The molecule has 0 bridgehead atoms. The van der Waals surface area contributed by atoms with Crippen LogP contribution in [0, 0.1) is 0 Å². The zero-order valence-corrected chi connectivity index (χ0v) is 41.3. The Bertz CT molecular complexity index is 1090. The van der Waals surface area contributed by atoms with Gasteiger partial charge in [0, 0.05) is 31.8 Å². The smallest absolute Gasteiger partial charge is 0.193 e. The number of rotatable bonds is 8. The summed E-state index contributed by atoms with van der Waals surface area (Å²) in [7, 11) is -7.74. The Morgan fingerprint density at radius 3 is 1.26 bits per heavy atom. The fraction of sp³-hybridized carbons (Fsp3) is 0.946. The minimum atomic E-state index is -2.03. The second kappa shape index (κ2) is 18.5. The van der Waals surface area contributed by atoms with E-state index in [1.807, 2.05) is 0 Å². The number of carbonyl (C=O) groups is 2. The van der Waals surface area contributed by atoms with Gasteiger partial charge in [-0.2, -0.15) is 0 Å². The number of Topliss-reactive ketones (excluding diaryl/α,β-unsaturated/α-hetero) is 2. The average molecular weight is 818 g/mol. The van der Waals surface area contributed by atoms with Gasteiger partial charge in [0.2, 0.25) is 0 Å². The monoisotopic (exact) mass is 816 g/mol. The van der Waals surface area contributed by atoms with Crippen LogP contribution in [0.3, 0.4) is 0 Å². The van der Waals surface area contributed by atoms with E-state index >= 15 is 0 Å². The Labute approximate surface area is 322 Å².